The van der Waals surface area contributed by atoms with Crippen LogP contribution in [0.25, 0.3) is 0 Å². The monoisotopic (exact) mass is 319 g/mol. The molecule has 2 atom stereocenters. The molecule has 6 heteroatoms. The molecule has 1 aliphatic rings. The van der Waals surface area contributed by atoms with Crippen LogP contribution < -0.4 is 5.32 Å². The van der Waals surface area contributed by atoms with Crippen LogP contribution in [0, 0.1) is 0 Å². The molecule has 3 rings (SSSR count). The van der Waals surface area contributed by atoms with Crippen molar-refractivity contribution in [2.75, 3.05) is 0 Å². The molecular formula is C16H18ClN3O2. The molecule has 0 aliphatic heterocycles. The Hall–Kier alpha value is -1.85. The van der Waals surface area contributed by atoms with Crippen LogP contribution in [0.2, 0.25) is 5.15 Å². The van der Waals surface area contributed by atoms with E-state index in [2.05, 4.69) is 10.4 Å². The number of aliphatic hydroxyl groups excluding tert-OH is 1. The molecule has 0 unspecified atom stereocenters. The highest BCUT2D eigenvalue weighted by atomic mass is 35.5. The first kappa shape index (κ1) is 15.1. The van der Waals surface area contributed by atoms with E-state index in [1.54, 1.807) is 7.05 Å². The maximum atomic E-state index is 12.6. The second kappa shape index (κ2) is 5.74. The van der Waals surface area contributed by atoms with Gasteiger partial charge in [0.1, 0.15) is 5.15 Å². The number of halogens is 1. The van der Waals surface area contributed by atoms with E-state index in [9.17, 15) is 9.90 Å². The van der Waals surface area contributed by atoms with Crippen LogP contribution in [0.3, 0.4) is 0 Å². The van der Waals surface area contributed by atoms with Crippen LogP contribution in [0.15, 0.2) is 24.3 Å². The highest BCUT2D eigenvalue weighted by molar-refractivity contribution is 6.33. The minimum atomic E-state index is -0.623. The first-order valence-corrected chi connectivity index (χ1v) is 7.68. The maximum absolute atomic E-state index is 12.6. The second-order valence-corrected chi connectivity index (χ2v) is 5.87. The molecule has 2 aromatic rings. The van der Waals surface area contributed by atoms with Gasteiger partial charge in [-0.25, -0.2) is 0 Å². The lowest BCUT2D eigenvalue weighted by Crippen LogP contribution is -2.34. The van der Waals surface area contributed by atoms with Crippen molar-refractivity contribution in [3.63, 3.8) is 0 Å². The van der Waals surface area contributed by atoms with Gasteiger partial charge in [-0.3, -0.25) is 9.48 Å². The van der Waals surface area contributed by atoms with Gasteiger partial charge in [0.25, 0.3) is 5.91 Å². The molecule has 1 aromatic carbocycles. The molecular weight excluding hydrogens is 302 g/mol. The number of hydrogen-bond donors (Lipinski definition) is 2. The fourth-order valence-corrected chi connectivity index (χ4v) is 3.22. The fraction of sp³-hybridized carbons (Fsp3) is 0.375. The van der Waals surface area contributed by atoms with Gasteiger partial charge in [0.15, 0.2) is 0 Å². The predicted molar refractivity (Wildman–Crippen MR) is 84.0 cm³/mol. The summed E-state index contributed by atoms with van der Waals surface area (Å²) in [6.45, 7) is 1.93. The van der Waals surface area contributed by atoms with E-state index in [4.69, 9.17) is 11.6 Å². The van der Waals surface area contributed by atoms with Gasteiger partial charge >= 0.3 is 0 Å². The Kier molecular flexibility index (Phi) is 3.93. The molecule has 0 fully saturated rings. The maximum Gasteiger partial charge on any atom is 0.256 e. The number of nitrogens with zero attached hydrogens (tertiary/aromatic N) is 2. The standard InChI is InChI=1S/C16H18ClN3O2/c1-3-11-13(15(17)20(2)19-11)16(22)18-14-10-7-5-4-6-9(10)8-12(14)21/h4-7,12,14,21H,3,8H2,1-2H3,(H,18,22)/t12-,14+/m1/s1. The second-order valence-electron chi connectivity index (χ2n) is 5.51. The summed E-state index contributed by atoms with van der Waals surface area (Å²) < 4.78 is 1.49. The van der Waals surface area contributed by atoms with Gasteiger partial charge in [0.05, 0.1) is 23.4 Å². The highest BCUT2D eigenvalue weighted by Gasteiger charge is 2.33. The van der Waals surface area contributed by atoms with Crippen molar-refractivity contribution in [2.24, 2.45) is 7.05 Å². The summed E-state index contributed by atoms with van der Waals surface area (Å²) in [7, 11) is 1.71. The van der Waals surface area contributed by atoms with E-state index in [1.165, 1.54) is 4.68 Å². The molecule has 5 nitrogen and oxygen atoms in total. The van der Waals surface area contributed by atoms with Crippen molar-refractivity contribution < 1.29 is 9.90 Å². The largest absolute Gasteiger partial charge is 0.390 e. The Labute approximate surface area is 133 Å². The molecule has 0 bridgehead atoms. The summed E-state index contributed by atoms with van der Waals surface area (Å²) in [5.41, 5.74) is 3.07. The topological polar surface area (TPSA) is 67.2 Å². The molecule has 0 saturated carbocycles. The Balaban J connectivity index is 1.89. The third kappa shape index (κ3) is 2.40. The number of rotatable bonds is 3. The Morgan fingerprint density at radius 3 is 2.95 bits per heavy atom. The summed E-state index contributed by atoms with van der Waals surface area (Å²) in [6.07, 6.45) is 0.539. The average Bonchev–Trinajstić information content (AvgIpc) is 2.97. The normalized spacial score (nSPS) is 20.0. The van der Waals surface area contributed by atoms with Crippen LogP contribution in [-0.2, 0) is 19.9 Å². The van der Waals surface area contributed by atoms with Crippen LogP contribution in [0.5, 0.6) is 0 Å². The van der Waals surface area contributed by atoms with Crippen LogP contribution in [0.4, 0.5) is 0 Å². The zero-order chi connectivity index (χ0) is 15.9. The van der Waals surface area contributed by atoms with Crippen molar-refractivity contribution >= 4 is 17.5 Å². The lowest BCUT2D eigenvalue weighted by atomic mass is 10.1. The lowest BCUT2D eigenvalue weighted by Gasteiger charge is -2.18. The molecule has 0 saturated heterocycles. The van der Waals surface area contributed by atoms with Crippen LogP contribution in [0.1, 0.15) is 40.1 Å². The van der Waals surface area contributed by atoms with Gasteiger partial charge in [0.2, 0.25) is 0 Å². The number of aromatic nitrogens is 2. The van der Waals surface area contributed by atoms with E-state index in [-0.39, 0.29) is 5.91 Å². The number of benzene rings is 1. The van der Waals surface area contributed by atoms with Crippen molar-refractivity contribution in [3.05, 3.63) is 51.8 Å². The third-order valence-electron chi connectivity index (χ3n) is 4.10. The third-order valence-corrected chi connectivity index (χ3v) is 4.54. The van der Waals surface area contributed by atoms with Gasteiger partial charge in [-0.15, -0.1) is 0 Å². The average molecular weight is 320 g/mol. The molecule has 1 heterocycles. The highest BCUT2D eigenvalue weighted by Crippen LogP contribution is 2.32. The van der Waals surface area contributed by atoms with Gasteiger partial charge in [-0.1, -0.05) is 42.8 Å². The minimum Gasteiger partial charge on any atom is -0.390 e. The van der Waals surface area contributed by atoms with Gasteiger partial charge in [-0.2, -0.15) is 5.10 Å². The Morgan fingerprint density at radius 2 is 2.23 bits per heavy atom. The summed E-state index contributed by atoms with van der Waals surface area (Å²) in [6, 6.07) is 7.33. The first-order chi connectivity index (χ1) is 10.5. The Bertz CT molecular complexity index is 726. The van der Waals surface area contributed by atoms with E-state index < -0.39 is 12.1 Å². The minimum absolute atomic E-state index is 0.296. The molecule has 0 spiro atoms. The molecule has 116 valence electrons. The molecule has 1 amide bonds. The zero-order valence-electron chi connectivity index (χ0n) is 12.5. The van der Waals surface area contributed by atoms with Crippen molar-refractivity contribution in [3.8, 4) is 0 Å². The fourth-order valence-electron chi connectivity index (χ4n) is 2.99. The van der Waals surface area contributed by atoms with E-state index in [1.807, 2.05) is 31.2 Å². The summed E-state index contributed by atoms with van der Waals surface area (Å²) in [4.78, 5) is 12.6. The molecule has 0 radical (unpaired) electrons. The van der Waals surface area contributed by atoms with Crippen LogP contribution in [-0.4, -0.2) is 26.9 Å². The summed E-state index contributed by atoms with van der Waals surface area (Å²) >= 11 is 6.19. The summed E-state index contributed by atoms with van der Waals surface area (Å²) in [5, 5.41) is 17.7. The van der Waals surface area contributed by atoms with Gasteiger partial charge < -0.3 is 10.4 Å². The number of carbonyl (C=O) groups excluding carboxylic acids is 1. The quantitative estimate of drug-likeness (QED) is 0.909. The number of nitrogens with one attached hydrogen (secondary N) is 1. The van der Waals surface area contributed by atoms with Gasteiger partial charge in [-0.05, 0) is 17.5 Å². The zero-order valence-corrected chi connectivity index (χ0v) is 13.3. The van der Waals surface area contributed by atoms with Crippen molar-refractivity contribution in [1.29, 1.82) is 0 Å². The number of carbonyl (C=O) groups is 1. The molecule has 1 aliphatic carbocycles. The number of aryl methyl sites for hydroxylation is 2. The summed E-state index contributed by atoms with van der Waals surface area (Å²) in [5.74, 6) is -0.296. The number of aliphatic hydroxyl groups is 1. The SMILES string of the molecule is CCc1nn(C)c(Cl)c1C(=O)N[C@H]1c2ccccc2C[C@H]1O. The predicted octanol–water partition coefficient (Wildman–Crippen LogP) is 2.02. The smallest absolute Gasteiger partial charge is 0.256 e. The van der Waals surface area contributed by atoms with Crippen LogP contribution >= 0.6 is 11.6 Å². The van der Waals surface area contributed by atoms with E-state index in [0.717, 1.165) is 11.1 Å². The number of fused-ring (bicyclic) bond motifs is 1. The molecule has 2 N–H and O–H groups in total. The first-order valence-electron chi connectivity index (χ1n) is 7.31. The molecule has 1 aromatic heterocycles. The van der Waals surface area contributed by atoms with Crippen molar-refractivity contribution in [1.82, 2.24) is 15.1 Å². The number of amides is 1. The number of hydrogen-bond acceptors (Lipinski definition) is 3. The Morgan fingerprint density at radius 1 is 1.50 bits per heavy atom. The molecule has 22 heavy (non-hydrogen) atoms. The van der Waals surface area contributed by atoms with Crippen molar-refractivity contribution in [2.45, 2.75) is 31.9 Å². The lowest BCUT2D eigenvalue weighted by molar-refractivity contribution is 0.0857. The van der Waals surface area contributed by atoms with E-state index in [0.29, 0.717) is 29.3 Å². The van der Waals surface area contributed by atoms with Gasteiger partial charge in [0, 0.05) is 13.5 Å². The van der Waals surface area contributed by atoms with E-state index >= 15 is 0 Å².